The van der Waals surface area contributed by atoms with Crippen molar-refractivity contribution in [3.05, 3.63) is 59.9 Å². The number of benzene rings is 2. The summed E-state index contributed by atoms with van der Waals surface area (Å²) in [7, 11) is -3.70. The average Bonchev–Trinajstić information content (AvgIpc) is 2.53. The van der Waals surface area contributed by atoms with Gasteiger partial charge in [0.05, 0.1) is 4.90 Å². The Hall–Kier alpha value is -2.25. The van der Waals surface area contributed by atoms with Crippen molar-refractivity contribution in [3.8, 4) is 5.75 Å². The Balaban J connectivity index is 1.91. The standard InChI is InChI=1S/C16H16FNO4S/c1-12(19)13-6-8-14(9-7-13)23(20,21)18-10-11-22-16-5-3-2-4-15(16)17/h2-9,18H,10-11H2,1H3. The molecule has 0 unspecified atom stereocenters. The Kier molecular flexibility index (Phi) is 5.46. The molecule has 0 spiro atoms. The van der Waals surface area contributed by atoms with Crippen LogP contribution in [0.3, 0.4) is 0 Å². The van der Waals surface area contributed by atoms with E-state index in [0.29, 0.717) is 5.56 Å². The molecule has 0 aliphatic carbocycles. The van der Waals surface area contributed by atoms with E-state index in [0.717, 1.165) is 0 Å². The molecule has 5 nitrogen and oxygen atoms in total. The van der Waals surface area contributed by atoms with Gasteiger partial charge < -0.3 is 4.74 Å². The van der Waals surface area contributed by atoms with E-state index in [1.807, 2.05) is 0 Å². The number of sulfonamides is 1. The molecule has 122 valence electrons. The topological polar surface area (TPSA) is 72.5 Å². The lowest BCUT2D eigenvalue weighted by atomic mass is 10.2. The van der Waals surface area contributed by atoms with Crippen LogP contribution in [0.15, 0.2) is 53.4 Å². The molecule has 2 aromatic rings. The number of rotatable bonds is 7. The number of hydrogen-bond acceptors (Lipinski definition) is 4. The van der Waals surface area contributed by atoms with Crippen LogP contribution in [0, 0.1) is 5.82 Å². The second-order valence-electron chi connectivity index (χ2n) is 4.76. The van der Waals surface area contributed by atoms with Crippen molar-refractivity contribution in [2.75, 3.05) is 13.2 Å². The van der Waals surface area contributed by atoms with Gasteiger partial charge in [0.1, 0.15) is 6.61 Å². The summed E-state index contributed by atoms with van der Waals surface area (Å²) in [6, 6.07) is 11.5. The Morgan fingerprint density at radius 1 is 1.13 bits per heavy atom. The molecular weight excluding hydrogens is 321 g/mol. The minimum atomic E-state index is -3.70. The molecule has 0 atom stereocenters. The molecule has 0 aromatic heterocycles. The van der Waals surface area contributed by atoms with Gasteiger partial charge in [-0.15, -0.1) is 0 Å². The van der Waals surface area contributed by atoms with Crippen molar-refractivity contribution < 1.29 is 22.3 Å². The van der Waals surface area contributed by atoms with Gasteiger partial charge >= 0.3 is 0 Å². The summed E-state index contributed by atoms with van der Waals surface area (Å²) in [6.07, 6.45) is 0. The minimum Gasteiger partial charge on any atom is -0.489 e. The van der Waals surface area contributed by atoms with E-state index in [2.05, 4.69) is 4.72 Å². The summed E-state index contributed by atoms with van der Waals surface area (Å²) >= 11 is 0. The predicted molar refractivity (Wildman–Crippen MR) is 83.5 cm³/mol. The summed E-state index contributed by atoms with van der Waals surface area (Å²) in [5.41, 5.74) is 0.437. The van der Waals surface area contributed by atoms with Crippen LogP contribution in [-0.4, -0.2) is 27.4 Å². The summed E-state index contributed by atoms with van der Waals surface area (Å²) < 4.78 is 45.0. The van der Waals surface area contributed by atoms with Crippen LogP contribution < -0.4 is 9.46 Å². The Bertz CT molecular complexity index is 788. The van der Waals surface area contributed by atoms with Crippen molar-refractivity contribution >= 4 is 15.8 Å². The highest BCUT2D eigenvalue weighted by Gasteiger charge is 2.14. The Morgan fingerprint density at radius 2 is 1.78 bits per heavy atom. The number of hydrogen-bond donors (Lipinski definition) is 1. The van der Waals surface area contributed by atoms with E-state index < -0.39 is 15.8 Å². The largest absolute Gasteiger partial charge is 0.489 e. The van der Waals surface area contributed by atoms with Gasteiger partial charge in [-0.05, 0) is 31.2 Å². The molecule has 0 amide bonds. The van der Waals surface area contributed by atoms with Crippen molar-refractivity contribution in [1.82, 2.24) is 4.72 Å². The molecule has 2 rings (SSSR count). The number of carbonyl (C=O) groups excluding carboxylic acids is 1. The van der Waals surface area contributed by atoms with Gasteiger partial charge in [0.2, 0.25) is 10.0 Å². The highest BCUT2D eigenvalue weighted by molar-refractivity contribution is 7.89. The van der Waals surface area contributed by atoms with Gasteiger partial charge in [0.25, 0.3) is 0 Å². The molecule has 0 heterocycles. The monoisotopic (exact) mass is 337 g/mol. The van der Waals surface area contributed by atoms with Crippen LogP contribution in [0.2, 0.25) is 0 Å². The van der Waals surface area contributed by atoms with Crippen LogP contribution in [0.1, 0.15) is 17.3 Å². The van der Waals surface area contributed by atoms with Gasteiger partial charge in [0.15, 0.2) is 17.3 Å². The van der Waals surface area contributed by atoms with Gasteiger partial charge in [-0.1, -0.05) is 24.3 Å². The second-order valence-corrected chi connectivity index (χ2v) is 6.52. The van der Waals surface area contributed by atoms with E-state index in [1.54, 1.807) is 6.07 Å². The summed E-state index contributed by atoms with van der Waals surface area (Å²) in [4.78, 5) is 11.2. The van der Waals surface area contributed by atoms with E-state index in [4.69, 9.17) is 4.74 Å². The number of para-hydroxylation sites is 1. The van der Waals surface area contributed by atoms with E-state index in [9.17, 15) is 17.6 Å². The summed E-state index contributed by atoms with van der Waals surface area (Å²) in [5.74, 6) is -0.576. The van der Waals surface area contributed by atoms with Crippen molar-refractivity contribution in [3.63, 3.8) is 0 Å². The number of ether oxygens (including phenoxy) is 1. The highest BCUT2D eigenvalue weighted by Crippen LogP contribution is 2.15. The molecule has 0 saturated heterocycles. The molecule has 0 aliphatic heterocycles. The maximum absolute atomic E-state index is 13.3. The Labute approximate surface area is 134 Å². The normalized spacial score (nSPS) is 11.2. The minimum absolute atomic E-state index is 0.00824. The molecule has 0 fully saturated rings. The van der Waals surface area contributed by atoms with Crippen molar-refractivity contribution in [1.29, 1.82) is 0 Å². The molecule has 0 bridgehead atoms. The number of carbonyl (C=O) groups is 1. The van der Waals surface area contributed by atoms with Crippen molar-refractivity contribution in [2.45, 2.75) is 11.8 Å². The number of nitrogens with one attached hydrogen (secondary N) is 1. The fraction of sp³-hybridized carbons (Fsp3) is 0.188. The van der Waals surface area contributed by atoms with Gasteiger partial charge in [-0.2, -0.15) is 0 Å². The van der Waals surface area contributed by atoms with Gasteiger partial charge in [-0.25, -0.2) is 17.5 Å². The zero-order valence-corrected chi connectivity index (χ0v) is 13.3. The lowest BCUT2D eigenvalue weighted by Crippen LogP contribution is -2.28. The first-order valence-corrected chi connectivity index (χ1v) is 8.36. The van der Waals surface area contributed by atoms with Gasteiger partial charge in [-0.3, -0.25) is 4.79 Å². The van der Waals surface area contributed by atoms with E-state index >= 15 is 0 Å². The van der Waals surface area contributed by atoms with Crippen LogP contribution in [-0.2, 0) is 10.0 Å². The molecule has 0 aliphatic rings. The fourth-order valence-corrected chi connectivity index (χ4v) is 2.86. The first kappa shape index (κ1) is 17.1. The third kappa shape index (κ3) is 4.61. The molecule has 0 radical (unpaired) electrons. The number of halogens is 1. The quantitative estimate of drug-likeness (QED) is 0.622. The van der Waals surface area contributed by atoms with Crippen LogP contribution >= 0.6 is 0 Å². The molecular formula is C16H16FNO4S. The summed E-state index contributed by atoms with van der Waals surface area (Å²) in [5, 5.41) is 0. The molecule has 23 heavy (non-hydrogen) atoms. The van der Waals surface area contributed by atoms with Crippen molar-refractivity contribution in [2.24, 2.45) is 0 Å². The molecule has 1 N–H and O–H groups in total. The first-order valence-electron chi connectivity index (χ1n) is 6.88. The summed E-state index contributed by atoms with van der Waals surface area (Å²) in [6.45, 7) is 1.39. The lowest BCUT2D eigenvalue weighted by Gasteiger charge is -2.09. The average molecular weight is 337 g/mol. The molecule has 7 heteroatoms. The van der Waals surface area contributed by atoms with Gasteiger partial charge in [0, 0.05) is 12.1 Å². The maximum atomic E-state index is 13.3. The molecule has 0 saturated carbocycles. The predicted octanol–water partition coefficient (Wildman–Crippen LogP) is 2.39. The number of Topliss-reactive ketones (excluding diaryl/α,β-unsaturated/α-hetero) is 1. The zero-order valence-electron chi connectivity index (χ0n) is 12.5. The van der Waals surface area contributed by atoms with E-state index in [-0.39, 0.29) is 29.6 Å². The number of ketones is 1. The third-order valence-electron chi connectivity index (χ3n) is 3.06. The lowest BCUT2D eigenvalue weighted by molar-refractivity contribution is 0.101. The highest BCUT2D eigenvalue weighted by atomic mass is 32.2. The smallest absolute Gasteiger partial charge is 0.240 e. The second kappa shape index (κ2) is 7.34. The van der Waals surface area contributed by atoms with Crippen LogP contribution in [0.4, 0.5) is 4.39 Å². The Morgan fingerprint density at radius 3 is 2.39 bits per heavy atom. The SMILES string of the molecule is CC(=O)c1ccc(S(=O)(=O)NCCOc2ccccc2F)cc1. The van der Waals surface area contributed by atoms with Crippen LogP contribution in [0.25, 0.3) is 0 Å². The van der Waals surface area contributed by atoms with Crippen LogP contribution in [0.5, 0.6) is 5.75 Å². The third-order valence-corrected chi connectivity index (χ3v) is 4.54. The zero-order chi connectivity index (χ0) is 16.9. The fourth-order valence-electron chi connectivity index (χ4n) is 1.85. The van der Waals surface area contributed by atoms with E-state index in [1.165, 1.54) is 49.4 Å². The first-order chi connectivity index (χ1) is 10.9. The molecule has 2 aromatic carbocycles. The maximum Gasteiger partial charge on any atom is 0.240 e.